The van der Waals surface area contributed by atoms with Crippen molar-refractivity contribution in [2.24, 2.45) is 0 Å². The number of morpholine rings is 1. The highest BCUT2D eigenvalue weighted by molar-refractivity contribution is 7.89. The van der Waals surface area contributed by atoms with Crippen molar-refractivity contribution in [3.8, 4) is 0 Å². The number of nitrogens with one attached hydrogen (secondary N) is 1. The van der Waals surface area contributed by atoms with Crippen molar-refractivity contribution in [1.82, 2.24) is 9.62 Å². The number of aliphatic hydroxyl groups excluding tert-OH is 1. The van der Waals surface area contributed by atoms with Crippen molar-refractivity contribution < 1.29 is 18.3 Å². The first-order valence-electron chi connectivity index (χ1n) is 6.94. The van der Waals surface area contributed by atoms with Crippen molar-refractivity contribution in [2.75, 3.05) is 32.8 Å². The number of hydrogen-bond donors (Lipinski definition) is 2. The smallest absolute Gasteiger partial charge is 0.242 e. The molecule has 0 amide bonds. The van der Waals surface area contributed by atoms with Gasteiger partial charge in [-0.05, 0) is 24.8 Å². The normalized spacial score (nSPS) is 18.8. The summed E-state index contributed by atoms with van der Waals surface area (Å²) in [6, 6.07) is -0.195. The quantitative estimate of drug-likeness (QED) is 0.794. The Bertz CT molecular complexity index is 565. The minimum absolute atomic E-state index is 0.195. The molecule has 0 bridgehead atoms. The fourth-order valence-electron chi connectivity index (χ4n) is 2.49. The standard InChI is InChI=1S/C13H22N2O4S2/c1-10-9-20-12(8-16)13(10)21(17,18)14-11(2)7-15-3-5-19-6-4-15/h9,11,14,16H,3-8H2,1-2H3. The molecular weight excluding hydrogens is 312 g/mol. The number of hydrogen-bond acceptors (Lipinski definition) is 6. The molecule has 1 fully saturated rings. The molecule has 6 nitrogen and oxygen atoms in total. The van der Waals surface area contributed by atoms with Crippen LogP contribution in [0.5, 0.6) is 0 Å². The summed E-state index contributed by atoms with van der Waals surface area (Å²) < 4.78 is 33.0. The van der Waals surface area contributed by atoms with Gasteiger partial charge in [0.05, 0.1) is 24.7 Å². The third-order valence-electron chi connectivity index (χ3n) is 3.39. The Morgan fingerprint density at radius 2 is 2.14 bits per heavy atom. The summed E-state index contributed by atoms with van der Waals surface area (Å²) in [5, 5.41) is 11.0. The van der Waals surface area contributed by atoms with E-state index >= 15 is 0 Å². The van der Waals surface area contributed by atoms with Crippen LogP contribution in [0.2, 0.25) is 0 Å². The minimum Gasteiger partial charge on any atom is -0.391 e. The molecule has 0 radical (unpaired) electrons. The predicted octanol–water partition coefficient (Wildman–Crippen LogP) is 0.548. The molecule has 21 heavy (non-hydrogen) atoms. The van der Waals surface area contributed by atoms with E-state index in [9.17, 15) is 13.5 Å². The Kier molecular flexibility index (Phi) is 5.75. The topological polar surface area (TPSA) is 78.9 Å². The zero-order chi connectivity index (χ0) is 15.5. The number of nitrogens with zero attached hydrogens (tertiary/aromatic N) is 1. The van der Waals surface area contributed by atoms with Crippen LogP contribution in [-0.2, 0) is 21.4 Å². The van der Waals surface area contributed by atoms with Gasteiger partial charge in [0.25, 0.3) is 0 Å². The van der Waals surface area contributed by atoms with E-state index in [2.05, 4.69) is 9.62 Å². The monoisotopic (exact) mass is 334 g/mol. The van der Waals surface area contributed by atoms with Gasteiger partial charge in [0.15, 0.2) is 0 Å². The molecule has 0 aromatic carbocycles. The van der Waals surface area contributed by atoms with Gasteiger partial charge in [-0.1, -0.05) is 0 Å². The number of ether oxygens (including phenoxy) is 1. The Labute approximate surface area is 129 Å². The Morgan fingerprint density at radius 3 is 2.76 bits per heavy atom. The van der Waals surface area contributed by atoms with Crippen molar-refractivity contribution >= 4 is 21.4 Å². The SMILES string of the molecule is Cc1csc(CO)c1S(=O)(=O)NC(C)CN1CCOCC1. The molecule has 0 spiro atoms. The van der Waals surface area contributed by atoms with Gasteiger partial charge in [-0.15, -0.1) is 11.3 Å². The second-order valence-electron chi connectivity index (χ2n) is 5.26. The number of aliphatic hydroxyl groups is 1. The van der Waals surface area contributed by atoms with E-state index in [0.717, 1.165) is 13.1 Å². The molecule has 1 saturated heterocycles. The highest BCUT2D eigenvalue weighted by atomic mass is 32.2. The second-order valence-corrected chi connectivity index (χ2v) is 7.88. The maximum absolute atomic E-state index is 12.5. The third-order valence-corrected chi connectivity index (χ3v) is 6.43. The van der Waals surface area contributed by atoms with Crippen LogP contribution in [0.1, 0.15) is 17.4 Å². The number of aryl methyl sites for hydroxylation is 1. The first-order valence-corrected chi connectivity index (χ1v) is 9.30. The lowest BCUT2D eigenvalue weighted by atomic mass is 10.3. The van der Waals surface area contributed by atoms with Crippen LogP contribution < -0.4 is 4.72 Å². The minimum atomic E-state index is -3.60. The van der Waals surface area contributed by atoms with Crippen molar-refractivity contribution in [1.29, 1.82) is 0 Å². The molecule has 1 aromatic rings. The summed E-state index contributed by atoms with van der Waals surface area (Å²) >= 11 is 1.27. The van der Waals surface area contributed by atoms with Crippen LogP contribution in [-0.4, -0.2) is 57.3 Å². The summed E-state index contributed by atoms with van der Waals surface area (Å²) in [6.07, 6.45) is 0. The molecule has 0 saturated carbocycles. The van der Waals surface area contributed by atoms with Gasteiger partial charge in [-0.2, -0.15) is 0 Å². The summed E-state index contributed by atoms with van der Waals surface area (Å²) in [5.74, 6) is 0. The van der Waals surface area contributed by atoms with Crippen LogP contribution in [0.15, 0.2) is 10.3 Å². The molecule has 1 atom stereocenters. The molecule has 2 N–H and O–H groups in total. The molecule has 2 heterocycles. The highest BCUT2D eigenvalue weighted by Crippen LogP contribution is 2.26. The molecule has 8 heteroatoms. The average molecular weight is 334 g/mol. The molecule has 120 valence electrons. The molecule has 1 aliphatic rings. The van der Waals surface area contributed by atoms with E-state index in [4.69, 9.17) is 4.74 Å². The molecule has 1 aromatic heterocycles. The first kappa shape index (κ1) is 16.9. The van der Waals surface area contributed by atoms with E-state index < -0.39 is 10.0 Å². The summed E-state index contributed by atoms with van der Waals surface area (Å²) in [6.45, 7) is 7.03. The van der Waals surface area contributed by atoms with E-state index in [1.54, 1.807) is 12.3 Å². The lowest BCUT2D eigenvalue weighted by Crippen LogP contribution is -2.46. The lowest BCUT2D eigenvalue weighted by molar-refractivity contribution is 0.0354. The van der Waals surface area contributed by atoms with Crippen molar-refractivity contribution in [2.45, 2.75) is 31.4 Å². The number of sulfonamides is 1. The lowest BCUT2D eigenvalue weighted by Gasteiger charge is -2.29. The highest BCUT2D eigenvalue weighted by Gasteiger charge is 2.25. The average Bonchev–Trinajstić information content (AvgIpc) is 2.81. The third kappa shape index (κ3) is 4.24. The van der Waals surface area contributed by atoms with Gasteiger partial charge < -0.3 is 9.84 Å². The Morgan fingerprint density at radius 1 is 1.48 bits per heavy atom. The zero-order valence-corrected chi connectivity index (χ0v) is 14.0. The Hall–Kier alpha value is -0.510. The second kappa shape index (κ2) is 7.17. The van der Waals surface area contributed by atoms with E-state index in [-0.39, 0.29) is 17.5 Å². The van der Waals surface area contributed by atoms with Crippen LogP contribution in [0.4, 0.5) is 0 Å². The van der Waals surface area contributed by atoms with Crippen LogP contribution >= 0.6 is 11.3 Å². The van der Waals surface area contributed by atoms with Gasteiger partial charge in [0, 0.05) is 25.7 Å². The summed E-state index contributed by atoms with van der Waals surface area (Å²) in [4.78, 5) is 2.90. The first-order chi connectivity index (χ1) is 9.94. The van der Waals surface area contributed by atoms with Gasteiger partial charge in [-0.3, -0.25) is 4.90 Å². The fourth-order valence-corrected chi connectivity index (χ4v) is 5.39. The van der Waals surface area contributed by atoms with E-state index in [1.807, 2.05) is 6.92 Å². The summed E-state index contributed by atoms with van der Waals surface area (Å²) in [5.41, 5.74) is 0.676. The fraction of sp³-hybridized carbons (Fsp3) is 0.692. The van der Waals surface area contributed by atoms with Crippen LogP contribution in [0.3, 0.4) is 0 Å². The van der Waals surface area contributed by atoms with Gasteiger partial charge in [0.1, 0.15) is 4.90 Å². The molecule has 2 rings (SSSR count). The van der Waals surface area contributed by atoms with Crippen LogP contribution in [0.25, 0.3) is 0 Å². The van der Waals surface area contributed by atoms with E-state index in [0.29, 0.717) is 30.2 Å². The Balaban J connectivity index is 2.04. The van der Waals surface area contributed by atoms with Crippen molar-refractivity contribution in [3.05, 3.63) is 15.8 Å². The zero-order valence-electron chi connectivity index (χ0n) is 12.3. The molecule has 0 aliphatic carbocycles. The molecule has 1 unspecified atom stereocenters. The molecule has 1 aliphatic heterocycles. The maximum Gasteiger partial charge on any atom is 0.242 e. The largest absolute Gasteiger partial charge is 0.391 e. The summed E-state index contributed by atoms with van der Waals surface area (Å²) in [7, 11) is -3.60. The molecular formula is C13H22N2O4S2. The van der Waals surface area contributed by atoms with Crippen LogP contribution in [0, 0.1) is 6.92 Å². The van der Waals surface area contributed by atoms with Crippen molar-refractivity contribution in [3.63, 3.8) is 0 Å². The van der Waals surface area contributed by atoms with Gasteiger partial charge >= 0.3 is 0 Å². The predicted molar refractivity (Wildman–Crippen MR) is 82.0 cm³/mol. The number of thiophene rings is 1. The van der Waals surface area contributed by atoms with E-state index in [1.165, 1.54) is 11.3 Å². The maximum atomic E-state index is 12.5. The van der Waals surface area contributed by atoms with Gasteiger partial charge in [0.2, 0.25) is 10.0 Å². The van der Waals surface area contributed by atoms with Gasteiger partial charge in [-0.25, -0.2) is 13.1 Å². The number of rotatable bonds is 6.